The largest absolute Gasteiger partial charge is 0.481 e. The molecule has 1 aromatic carbocycles. The molecule has 0 radical (unpaired) electrons. The number of benzene rings is 1. The number of aryl methyl sites for hydroxylation is 1. The van der Waals surface area contributed by atoms with Crippen molar-refractivity contribution in [2.45, 2.75) is 39.5 Å². The number of nitrogens with zero attached hydrogens (tertiary/aromatic N) is 3. The first kappa shape index (κ1) is 24.3. The van der Waals surface area contributed by atoms with Crippen LogP contribution in [-0.2, 0) is 9.53 Å². The first-order valence-electron chi connectivity index (χ1n) is 10.1. The lowest BCUT2D eigenvalue weighted by Gasteiger charge is -2.17. The van der Waals surface area contributed by atoms with Gasteiger partial charge in [0.25, 0.3) is 5.69 Å². The van der Waals surface area contributed by atoms with E-state index in [-0.39, 0.29) is 41.2 Å². The summed E-state index contributed by atoms with van der Waals surface area (Å²) in [4.78, 5) is 38.4. The monoisotopic (exact) mass is 440 g/mol. The van der Waals surface area contributed by atoms with Crippen LogP contribution in [0.15, 0.2) is 24.3 Å². The number of anilines is 1. The van der Waals surface area contributed by atoms with E-state index in [1.165, 1.54) is 18.2 Å². The van der Waals surface area contributed by atoms with Crippen molar-refractivity contribution in [2.75, 3.05) is 18.5 Å². The second-order valence-corrected chi connectivity index (χ2v) is 6.94. The van der Waals surface area contributed by atoms with Crippen molar-refractivity contribution in [1.29, 1.82) is 5.26 Å². The second-order valence-electron chi connectivity index (χ2n) is 6.94. The van der Waals surface area contributed by atoms with Crippen molar-refractivity contribution in [3.05, 3.63) is 51.2 Å². The molecule has 0 aliphatic rings. The maximum absolute atomic E-state index is 12.7. The van der Waals surface area contributed by atoms with Gasteiger partial charge in [-0.2, -0.15) is 5.26 Å². The van der Waals surface area contributed by atoms with E-state index in [1.807, 2.05) is 0 Å². The fraction of sp³-hybridized carbons (Fsp3) is 0.364. The van der Waals surface area contributed by atoms with Crippen molar-refractivity contribution < 1.29 is 24.4 Å². The van der Waals surface area contributed by atoms with Crippen molar-refractivity contribution in [1.82, 2.24) is 4.98 Å². The summed E-state index contributed by atoms with van der Waals surface area (Å²) in [7, 11) is 0. The minimum Gasteiger partial charge on any atom is -0.481 e. The number of esters is 1. The molecule has 1 heterocycles. The van der Waals surface area contributed by atoms with Crippen LogP contribution in [0.1, 0.15) is 54.2 Å². The minimum absolute atomic E-state index is 0.0738. The molecular formula is C22H24N4O6. The fourth-order valence-corrected chi connectivity index (χ4v) is 3.24. The highest BCUT2D eigenvalue weighted by Gasteiger charge is 2.25. The first-order chi connectivity index (χ1) is 15.3. The van der Waals surface area contributed by atoms with Crippen LogP contribution in [0, 0.1) is 28.4 Å². The standard InChI is InChI=1S/C22H24N4O6/c1-3-32-22(29)19-14(2)25-21(24-11-6-4-5-10-18(27)28)17(13-23)20(19)15-8-7-9-16(12-15)26(30)31/h7-9,12H,3-6,10-11H2,1-2H3,(H,24,25)(H,27,28). The molecule has 0 unspecified atom stereocenters. The SMILES string of the molecule is CCOC(=O)c1c(C)nc(NCCCCCC(=O)O)c(C#N)c1-c1cccc([N+](=O)[O-])c1. The molecule has 1 aromatic heterocycles. The van der Waals surface area contributed by atoms with Gasteiger partial charge in [0.1, 0.15) is 17.5 Å². The topological polar surface area (TPSA) is 155 Å². The number of nitro groups is 1. The molecule has 2 aromatic rings. The number of unbranched alkanes of at least 4 members (excludes halogenated alkanes) is 2. The molecule has 10 nitrogen and oxygen atoms in total. The summed E-state index contributed by atoms with van der Waals surface area (Å²) in [5.41, 5.74) is 0.839. The smallest absolute Gasteiger partial charge is 0.340 e. The molecule has 0 bridgehead atoms. The molecule has 0 fully saturated rings. The highest BCUT2D eigenvalue weighted by atomic mass is 16.6. The number of aromatic nitrogens is 1. The van der Waals surface area contributed by atoms with Crippen LogP contribution in [0.5, 0.6) is 0 Å². The number of carboxylic acids is 1. The molecule has 0 aliphatic heterocycles. The van der Waals surface area contributed by atoms with Crippen LogP contribution in [0.4, 0.5) is 11.5 Å². The number of non-ortho nitro benzene ring substituents is 1. The zero-order chi connectivity index (χ0) is 23.7. The number of hydrogen-bond donors (Lipinski definition) is 2. The lowest BCUT2D eigenvalue weighted by atomic mass is 9.93. The number of rotatable bonds is 11. The fourth-order valence-electron chi connectivity index (χ4n) is 3.24. The van der Waals surface area contributed by atoms with Gasteiger partial charge in [0.05, 0.1) is 22.8 Å². The number of hydrogen-bond acceptors (Lipinski definition) is 8. The van der Waals surface area contributed by atoms with E-state index in [2.05, 4.69) is 16.4 Å². The Balaban J connectivity index is 2.49. The average molecular weight is 440 g/mol. The Morgan fingerprint density at radius 1 is 1.31 bits per heavy atom. The number of pyridine rings is 1. The number of ether oxygens (including phenoxy) is 1. The molecule has 0 saturated carbocycles. The number of nitriles is 1. The molecule has 0 aliphatic carbocycles. The third-order valence-electron chi connectivity index (χ3n) is 4.67. The Labute approximate surface area is 185 Å². The third kappa shape index (κ3) is 6.01. The average Bonchev–Trinajstić information content (AvgIpc) is 2.75. The number of carbonyl (C=O) groups is 2. The van der Waals surface area contributed by atoms with Crippen LogP contribution in [-0.4, -0.2) is 40.1 Å². The highest BCUT2D eigenvalue weighted by molar-refractivity contribution is 6.01. The zero-order valence-corrected chi connectivity index (χ0v) is 17.9. The summed E-state index contributed by atoms with van der Waals surface area (Å²) >= 11 is 0. The van der Waals surface area contributed by atoms with E-state index >= 15 is 0 Å². The number of nitro benzene ring substituents is 1. The first-order valence-corrected chi connectivity index (χ1v) is 10.1. The molecular weight excluding hydrogens is 416 g/mol. The van der Waals surface area contributed by atoms with Gasteiger partial charge in [0, 0.05) is 30.7 Å². The predicted molar refractivity (Wildman–Crippen MR) is 116 cm³/mol. The molecule has 0 atom stereocenters. The van der Waals surface area contributed by atoms with Crippen LogP contribution in [0.2, 0.25) is 0 Å². The molecule has 2 N–H and O–H groups in total. The minimum atomic E-state index is -0.849. The van der Waals surface area contributed by atoms with Gasteiger partial charge in [-0.15, -0.1) is 0 Å². The van der Waals surface area contributed by atoms with E-state index in [1.54, 1.807) is 19.9 Å². The summed E-state index contributed by atoms with van der Waals surface area (Å²) < 4.78 is 5.14. The van der Waals surface area contributed by atoms with Gasteiger partial charge in [-0.25, -0.2) is 9.78 Å². The molecule has 168 valence electrons. The molecule has 2 rings (SSSR count). The van der Waals surface area contributed by atoms with Gasteiger partial charge < -0.3 is 15.2 Å². The van der Waals surface area contributed by atoms with Gasteiger partial charge in [-0.3, -0.25) is 14.9 Å². The maximum Gasteiger partial charge on any atom is 0.340 e. The van der Waals surface area contributed by atoms with Crippen molar-refractivity contribution in [2.24, 2.45) is 0 Å². The van der Waals surface area contributed by atoms with Crippen LogP contribution in [0.25, 0.3) is 11.1 Å². The summed E-state index contributed by atoms with van der Waals surface area (Å²) in [6, 6.07) is 7.75. The van der Waals surface area contributed by atoms with Crippen molar-refractivity contribution in [3.8, 4) is 17.2 Å². The predicted octanol–water partition coefficient (Wildman–Crippen LogP) is 4.07. The number of aliphatic carboxylic acids is 1. The van der Waals surface area contributed by atoms with Gasteiger partial charge in [-0.1, -0.05) is 18.6 Å². The highest BCUT2D eigenvalue weighted by Crippen LogP contribution is 2.35. The van der Waals surface area contributed by atoms with Gasteiger partial charge in [-0.05, 0) is 32.3 Å². The molecule has 0 amide bonds. The van der Waals surface area contributed by atoms with Crippen LogP contribution < -0.4 is 5.32 Å². The lowest BCUT2D eigenvalue weighted by molar-refractivity contribution is -0.384. The number of carboxylic acid groups (broad SMARTS) is 1. The van der Waals surface area contributed by atoms with E-state index in [9.17, 15) is 25.0 Å². The third-order valence-corrected chi connectivity index (χ3v) is 4.67. The van der Waals surface area contributed by atoms with E-state index in [4.69, 9.17) is 9.84 Å². The van der Waals surface area contributed by atoms with E-state index in [0.717, 1.165) is 0 Å². The van der Waals surface area contributed by atoms with Crippen LogP contribution in [0.3, 0.4) is 0 Å². The van der Waals surface area contributed by atoms with Crippen molar-refractivity contribution >= 4 is 23.4 Å². The molecule has 32 heavy (non-hydrogen) atoms. The Bertz CT molecular complexity index is 1060. The van der Waals surface area contributed by atoms with E-state index in [0.29, 0.717) is 37.1 Å². The zero-order valence-electron chi connectivity index (χ0n) is 17.9. The molecule has 10 heteroatoms. The molecule has 0 saturated heterocycles. The Morgan fingerprint density at radius 3 is 2.69 bits per heavy atom. The van der Waals surface area contributed by atoms with Gasteiger partial charge in [0.2, 0.25) is 0 Å². The van der Waals surface area contributed by atoms with Crippen LogP contribution >= 0.6 is 0 Å². The molecule has 0 spiro atoms. The Morgan fingerprint density at radius 2 is 2.06 bits per heavy atom. The lowest BCUT2D eigenvalue weighted by Crippen LogP contribution is -2.15. The second kappa shape index (κ2) is 11.4. The summed E-state index contributed by atoms with van der Waals surface area (Å²) in [6.07, 6.45) is 1.96. The van der Waals surface area contributed by atoms with Gasteiger partial charge in [0.15, 0.2) is 0 Å². The summed E-state index contributed by atoms with van der Waals surface area (Å²) in [6.45, 7) is 3.81. The van der Waals surface area contributed by atoms with Gasteiger partial charge >= 0.3 is 11.9 Å². The number of nitrogens with one attached hydrogen (secondary N) is 1. The quantitative estimate of drug-likeness (QED) is 0.227. The number of carbonyl (C=O) groups excluding carboxylic acids is 1. The Kier molecular flexibility index (Phi) is 8.65. The summed E-state index contributed by atoms with van der Waals surface area (Å²) in [5, 5.41) is 32.9. The Hall–Kier alpha value is -4.00. The maximum atomic E-state index is 12.7. The van der Waals surface area contributed by atoms with Crippen molar-refractivity contribution in [3.63, 3.8) is 0 Å². The normalized spacial score (nSPS) is 10.3. The van der Waals surface area contributed by atoms with E-state index < -0.39 is 16.9 Å². The summed E-state index contributed by atoms with van der Waals surface area (Å²) in [5.74, 6) is -1.27.